The fraction of sp³-hybridized carbons (Fsp3) is 0.462. The lowest BCUT2D eigenvalue weighted by molar-refractivity contribution is 0.0517. The molecule has 0 aromatic heterocycles. The lowest BCUT2D eigenvalue weighted by Gasteiger charge is -2.21. The number of nitrogens with one attached hydrogen (secondary N) is 1. The molecule has 2 N–H and O–H groups in total. The molecular weight excluding hydrogens is 221 g/mol. The van der Waals surface area contributed by atoms with Crippen LogP contribution in [0, 0.1) is 12.7 Å². The smallest absolute Gasteiger partial charge is 0.254 e. The zero-order valence-electron chi connectivity index (χ0n) is 10.4. The molecule has 0 spiro atoms. The van der Waals surface area contributed by atoms with Crippen LogP contribution in [0.3, 0.4) is 0 Å². The second-order valence-electron chi connectivity index (χ2n) is 4.52. The molecule has 4 heteroatoms. The first-order chi connectivity index (χ1) is 7.85. The Kier molecular flexibility index (Phi) is 4.23. The van der Waals surface area contributed by atoms with E-state index in [0.717, 1.165) is 5.56 Å². The standard InChI is InChI=1S/C13H18FNO2/c1-4-13(3,17)8-15-12(16)10-6-5-9(2)7-11(10)14/h5-7,17H,4,8H2,1-3H3,(H,15,16)/t13-/m0/s1. The number of hydrogen-bond acceptors (Lipinski definition) is 2. The molecule has 1 rings (SSSR count). The summed E-state index contributed by atoms with van der Waals surface area (Å²) in [7, 11) is 0. The van der Waals surface area contributed by atoms with Crippen molar-refractivity contribution in [2.45, 2.75) is 32.8 Å². The number of amides is 1. The summed E-state index contributed by atoms with van der Waals surface area (Å²) in [6, 6.07) is 4.43. The van der Waals surface area contributed by atoms with Gasteiger partial charge in [-0.25, -0.2) is 4.39 Å². The molecular formula is C13H18FNO2. The summed E-state index contributed by atoms with van der Waals surface area (Å²) in [6.07, 6.45) is 0.518. The van der Waals surface area contributed by atoms with E-state index in [4.69, 9.17) is 0 Å². The predicted molar refractivity (Wildman–Crippen MR) is 64.4 cm³/mol. The van der Waals surface area contributed by atoms with Gasteiger partial charge in [0.15, 0.2) is 0 Å². The number of hydrogen-bond donors (Lipinski definition) is 2. The SMILES string of the molecule is CC[C@](C)(O)CNC(=O)c1ccc(C)cc1F. The Hall–Kier alpha value is -1.42. The average Bonchev–Trinajstić information content (AvgIpc) is 2.26. The fourth-order valence-electron chi connectivity index (χ4n) is 1.30. The van der Waals surface area contributed by atoms with E-state index in [1.54, 1.807) is 19.9 Å². The first-order valence-corrected chi connectivity index (χ1v) is 5.62. The number of aliphatic hydroxyl groups is 1. The summed E-state index contributed by atoms with van der Waals surface area (Å²) in [5.74, 6) is -1.05. The van der Waals surface area contributed by atoms with Gasteiger partial charge in [0.2, 0.25) is 0 Å². The van der Waals surface area contributed by atoms with Gasteiger partial charge in [-0.1, -0.05) is 13.0 Å². The van der Waals surface area contributed by atoms with Crippen molar-refractivity contribution in [1.29, 1.82) is 0 Å². The van der Waals surface area contributed by atoms with Crippen LogP contribution in [0.1, 0.15) is 36.2 Å². The van der Waals surface area contributed by atoms with Crippen molar-refractivity contribution in [2.24, 2.45) is 0 Å². The molecule has 0 radical (unpaired) electrons. The Balaban J connectivity index is 2.71. The summed E-state index contributed by atoms with van der Waals surface area (Å²) >= 11 is 0. The maximum atomic E-state index is 13.5. The highest BCUT2D eigenvalue weighted by Gasteiger charge is 2.19. The first kappa shape index (κ1) is 13.6. The normalized spacial score (nSPS) is 14.2. The van der Waals surface area contributed by atoms with E-state index in [-0.39, 0.29) is 12.1 Å². The molecule has 0 heterocycles. The van der Waals surface area contributed by atoms with Crippen LogP contribution in [0.5, 0.6) is 0 Å². The molecule has 0 saturated heterocycles. The second-order valence-corrected chi connectivity index (χ2v) is 4.52. The van der Waals surface area contributed by atoms with E-state index in [9.17, 15) is 14.3 Å². The third kappa shape index (κ3) is 3.82. The molecule has 17 heavy (non-hydrogen) atoms. The number of carbonyl (C=O) groups is 1. The lowest BCUT2D eigenvalue weighted by Crippen LogP contribution is -2.40. The van der Waals surface area contributed by atoms with Gasteiger partial charge in [0.1, 0.15) is 5.82 Å². The lowest BCUT2D eigenvalue weighted by atomic mass is 10.0. The monoisotopic (exact) mass is 239 g/mol. The molecule has 0 fully saturated rings. The van der Waals surface area contributed by atoms with Gasteiger partial charge in [-0.3, -0.25) is 4.79 Å². The Morgan fingerprint density at radius 3 is 2.71 bits per heavy atom. The first-order valence-electron chi connectivity index (χ1n) is 5.62. The number of halogens is 1. The van der Waals surface area contributed by atoms with Crippen LogP contribution in [-0.4, -0.2) is 23.2 Å². The van der Waals surface area contributed by atoms with E-state index in [0.29, 0.717) is 6.42 Å². The Labute approximate surface area is 101 Å². The van der Waals surface area contributed by atoms with Gasteiger partial charge < -0.3 is 10.4 Å². The van der Waals surface area contributed by atoms with Crippen LogP contribution in [0.2, 0.25) is 0 Å². The minimum atomic E-state index is -0.961. The van der Waals surface area contributed by atoms with Gasteiger partial charge in [-0.2, -0.15) is 0 Å². The van der Waals surface area contributed by atoms with Crippen molar-refractivity contribution >= 4 is 5.91 Å². The zero-order chi connectivity index (χ0) is 13.1. The van der Waals surface area contributed by atoms with E-state index in [1.807, 2.05) is 6.92 Å². The minimum Gasteiger partial charge on any atom is -0.388 e. The maximum absolute atomic E-state index is 13.5. The number of rotatable bonds is 4. The van der Waals surface area contributed by atoms with Crippen molar-refractivity contribution in [3.63, 3.8) is 0 Å². The number of benzene rings is 1. The molecule has 1 aromatic carbocycles. The molecule has 0 bridgehead atoms. The Bertz CT molecular complexity index is 416. The molecule has 0 unspecified atom stereocenters. The molecule has 1 aromatic rings. The van der Waals surface area contributed by atoms with Crippen LogP contribution in [0.25, 0.3) is 0 Å². The second kappa shape index (κ2) is 5.27. The average molecular weight is 239 g/mol. The highest BCUT2D eigenvalue weighted by Crippen LogP contribution is 2.11. The van der Waals surface area contributed by atoms with E-state index >= 15 is 0 Å². The van der Waals surface area contributed by atoms with Crippen LogP contribution in [0.4, 0.5) is 4.39 Å². The van der Waals surface area contributed by atoms with Crippen LogP contribution >= 0.6 is 0 Å². The summed E-state index contributed by atoms with van der Waals surface area (Å²) < 4.78 is 13.5. The summed E-state index contributed by atoms with van der Waals surface area (Å²) in [6.45, 7) is 5.31. The Morgan fingerprint density at radius 2 is 2.18 bits per heavy atom. The largest absolute Gasteiger partial charge is 0.388 e. The van der Waals surface area contributed by atoms with Gasteiger partial charge in [-0.15, -0.1) is 0 Å². The van der Waals surface area contributed by atoms with Crippen LogP contribution in [-0.2, 0) is 0 Å². The highest BCUT2D eigenvalue weighted by atomic mass is 19.1. The van der Waals surface area contributed by atoms with Crippen molar-refractivity contribution in [3.05, 3.63) is 35.1 Å². The van der Waals surface area contributed by atoms with Gasteiger partial charge in [0.05, 0.1) is 11.2 Å². The van der Waals surface area contributed by atoms with E-state index in [1.165, 1.54) is 12.1 Å². The van der Waals surface area contributed by atoms with E-state index in [2.05, 4.69) is 5.32 Å². The summed E-state index contributed by atoms with van der Waals surface area (Å²) in [5.41, 5.74) is -0.196. The van der Waals surface area contributed by atoms with Crippen molar-refractivity contribution in [1.82, 2.24) is 5.32 Å². The van der Waals surface area contributed by atoms with Crippen molar-refractivity contribution in [2.75, 3.05) is 6.54 Å². The number of aryl methyl sites for hydroxylation is 1. The molecule has 0 saturated carbocycles. The summed E-state index contributed by atoms with van der Waals surface area (Å²) in [4.78, 5) is 11.7. The van der Waals surface area contributed by atoms with E-state index < -0.39 is 17.3 Å². The van der Waals surface area contributed by atoms with Gasteiger partial charge in [0, 0.05) is 6.54 Å². The molecule has 0 aliphatic heterocycles. The van der Waals surface area contributed by atoms with Gasteiger partial charge in [-0.05, 0) is 38.0 Å². The van der Waals surface area contributed by atoms with Crippen LogP contribution in [0.15, 0.2) is 18.2 Å². The van der Waals surface area contributed by atoms with Crippen molar-refractivity contribution < 1.29 is 14.3 Å². The molecule has 94 valence electrons. The Morgan fingerprint density at radius 1 is 1.53 bits per heavy atom. The number of carbonyl (C=O) groups excluding carboxylic acids is 1. The zero-order valence-corrected chi connectivity index (χ0v) is 10.4. The van der Waals surface area contributed by atoms with Crippen LogP contribution < -0.4 is 5.32 Å². The quantitative estimate of drug-likeness (QED) is 0.844. The third-order valence-electron chi connectivity index (χ3n) is 2.76. The molecule has 0 aliphatic rings. The van der Waals surface area contributed by atoms with Gasteiger partial charge in [0.25, 0.3) is 5.91 Å². The molecule has 1 amide bonds. The maximum Gasteiger partial charge on any atom is 0.254 e. The van der Waals surface area contributed by atoms with Gasteiger partial charge >= 0.3 is 0 Å². The highest BCUT2D eigenvalue weighted by molar-refractivity contribution is 5.94. The van der Waals surface area contributed by atoms with Crippen molar-refractivity contribution in [3.8, 4) is 0 Å². The fourth-order valence-corrected chi connectivity index (χ4v) is 1.30. The molecule has 0 aliphatic carbocycles. The minimum absolute atomic E-state index is 0.00232. The predicted octanol–water partition coefficient (Wildman–Crippen LogP) is 2.02. The summed E-state index contributed by atoms with van der Waals surface area (Å²) in [5, 5.41) is 12.2. The topological polar surface area (TPSA) is 49.3 Å². The molecule has 3 nitrogen and oxygen atoms in total. The third-order valence-corrected chi connectivity index (χ3v) is 2.76. The molecule has 1 atom stereocenters.